The maximum atomic E-state index is 5.75. The fourth-order valence-electron chi connectivity index (χ4n) is 1.55. The quantitative estimate of drug-likeness (QED) is 0.651. The Balaban J connectivity index is 2.44. The molecular formula is C9H13N3O. The van der Waals surface area contributed by atoms with Gasteiger partial charge in [-0.25, -0.2) is 4.98 Å². The molecule has 0 saturated heterocycles. The summed E-state index contributed by atoms with van der Waals surface area (Å²) in [6, 6.07) is 1.96. The first-order valence-electron chi connectivity index (χ1n) is 4.34. The summed E-state index contributed by atoms with van der Waals surface area (Å²) in [6.07, 6.45) is 0.997. The highest BCUT2D eigenvalue weighted by Crippen LogP contribution is 2.23. The normalized spacial score (nSPS) is 15.2. The van der Waals surface area contributed by atoms with Crippen molar-refractivity contribution in [3.63, 3.8) is 0 Å². The predicted molar refractivity (Wildman–Crippen MR) is 50.6 cm³/mol. The summed E-state index contributed by atoms with van der Waals surface area (Å²) < 4.78 is 5.05. The van der Waals surface area contributed by atoms with E-state index in [1.807, 2.05) is 6.07 Å². The zero-order valence-corrected chi connectivity index (χ0v) is 7.63. The number of rotatable bonds is 1. The van der Waals surface area contributed by atoms with Crippen molar-refractivity contribution in [2.75, 3.05) is 19.4 Å². The van der Waals surface area contributed by atoms with Crippen LogP contribution in [0.15, 0.2) is 6.07 Å². The van der Waals surface area contributed by atoms with Crippen LogP contribution in [-0.2, 0) is 13.0 Å². The van der Waals surface area contributed by atoms with Gasteiger partial charge in [0.2, 0.25) is 5.88 Å². The van der Waals surface area contributed by atoms with Crippen LogP contribution in [0.2, 0.25) is 0 Å². The molecule has 0 aliphatic carbocycles. The average Bonchev–Trinajstić information content (AvgIpc) is 2.17. The van der Waals surface area contributed by atoms with Crippen molar-refractivity contribution in [1.82, 2.24) is 10.3 Å². The molecule has 3 N–H and O–H groups in total. The van der Waals surface area contributed by atoms with E-state index in [1.54, 1.807) is 7.11 Å². The van der Waals surface area contributed by atoms with E-state index in [9.17, 15) is 0 Å². The van der Waals surface area contributed by atoms with Gasteiger partial charge in [0.1, 0.15) is 0 Å². The molecule has 0 radical (unpaired) electrons. The molecule has 0 saturated carbocycles. The lowest BCUT2D eigenvalue weighted by Gasteiger charge is -2.17. The number of fused-ring (bicyclic) bond motifs is 1. The lowest BCUT2D eigenvalue weighted by atomic mass is 10.1. The van der Waals surface area contributed by atoms with Crippen LogP contribution < -0.4 is 15.8 Å². The molecule has 0 bridgehead atoms. The number of nitrogen functional groups attached to an aromatic ring is 1. The van der Waals surface area contributed by atoms with Crippen LogP contribution >= 0.6 is 0 Å². The number of ether oxygens (including phenoxy) is 1. The lowest BCUT2D eigenvalue weighted by molar-refractivity contribution is 0.396. The topological polar surface area (TPSA) is 60.2 Å². The minimum Gasteiger partial charge on any atom is -0.480 e. The minimum atomic E-state index is 0.530. The Labute approximate surface area is 77.1 Å². The smallest absolute Gasteiger partial charge is 0.237 e. The second-order valence-corrected chi connectivity index (χ2v) is 3.12. The Hall–Kier alpha value is -1.29. The highest BCUT2D eigenvalue weighted by molar-refractivity contribution is 5.51. The summed E-state index contributed by atoms with van der Waals surface area (Å²) in [4.78, 5) is 4.32. The van der Waals surface area contributed by atoms with Crippen molar-refractivity contribution < 1.29 is 4.74 Å². The van der Waals surface area contributed by atoms with E-state index < -0.39 is 0 Å². The molecule has 13 heavy (non-hydrogen) atoms. The van der Waals surface area contributed by atoms with Crippen LogP contribution in [0, 0.1) is 0 Å². The molecule has 4 heteroatoms. The summed E-state index contributed by atoms with van der Waals surface area (Å²) in [6.45, 7) is 1.81. The van der Waals surface area contributed by atoms with Crippen molar-refractivity contribution in [2.45, 2.75) is 13.0 Å². The zero-order valence-electron chi connectivity index (χ0n) is 7.63. The number of nitrogens with one attached hydrogen (secondary N) is 1. The molecule has 1 aliphatic heterocycles. The van der Waals surface area contributed by atoms with Crippen LogP contribution in [-0.4, -0.2) is 18.6 Å². The first-order valence-corrected chi connectivity index (χ1v) is 4.34. The maximum Gasteiger partial charge on any atom is 0.237 e. The molecule has 4 nitrogen and oxygen atoms in total. The van der Waals surface area contributed by atoms with Crippen molar-refractivity contribution in [3.8, 4) is 5.88 Å². The van der Waals surface area contributed by atoms with Crippen LogP contribution in [0.4, 0.5) is 5.69 Å². The van der Waals surface area contributed by atoms with Gasteiger partial charge in [-0.15, -0.1) is 0 Å². The van der Waals surface area contributed by atoms with Gasteiger partial charge in [-0.05, 0) is 24.6 Å². The molecule has 0 amide bonds. The summed E-state index contributed by atoms with van der Waals surface area (Å²) in [7, 11) is 1.58. The predicted octanol–water partition coefficient (Wildman–Crippen LogP) is 0.318. The highest BCUT2D eigenvalue weighted by atomic mass is 16.5. The summed E-state index contributed by atoms with van der Waals surface area (Å²) in [5, 5.41) is 3.25. The standard InChI is InChI=1S/C9H13N3O/c1-13-9-7(10)4-6-2-3-11-5-8(6)12-9/h4,11H,2-3,5,10H2,1H3. The number of aromatic nitrogens is 1. The van der Waals surface area contributed by atoms with Crippen LogP contribution in [0.25, 0.3) is 0 Å². The number of nitrogens with two attached hydrogens (primary N) is 1. The van der Waals surface area contributed by atoms with E-state index >= 15 is 0 Å². The van der Waals surface area contributed by atoms with E-state index in [0.717, 1.165) is 25.2 Å². The van der Waals surface area contributed by atoms with Gasteiger partial charge >= 0.3 is 0 Å². The summed E-state index contributed by atoms with van der Waals surface area (Å²) in [5.41, 5.74) is 8.66. The van der Waals surface area contributed by atoms with E-state index in [4.69, 9.17) is 10.5 Å². The third-order valence-corrected chi connectivity index (χ3v) is 2.24. The molecule has 0 aromatic carbocycles. The van der Waals surface area contributed by atoms with Crippen molar-refractivity contribution in [3.05, 3.63) is 17.3 Å². The number of hydrogen-bond donors (Lipinski definition) is 2. The number of anilines is 1. The molecule has 0 fully saturated rings. The second-order valence-electron chi connectivity index (χ2n) is 3.12. The third kappa shape index (κ3) is 1.45. The number of nitrogens with zero attached hydrogens (tertiary/aromatic N) is 1. The molecule has 70 valence electrons. The Morgan fingerprint density at radius 3 is 3.23 bits per heavy atom. The SMILES string of the molecule is COc1nc2c(cc1N)CCNC2. The fourth-order valence-corrected chi connectivity index (χ4v) is 1.55. The second kappa shape index (κ2) is 3.22. The number of methoxy groups -OCH3 is 1. The molecule has 2 rings (SSSR count). The molecule has 0 spiro atoms. The van der Waals surface area contributed by atoms with Gasteiger partial charge in [-0.2, -0.15) is 0 Å². The van der Waals surface area contributed by atoms with E-state index in [0.29, 0.717) is 11.6 Å². The van der Waals surface area contributed by atoms with Gasteiger partial charge in [0.15, 0.2) is 0 Å². The largest absolute Gasteiger partial charge is 0.480 e. The van der Waals surface area contributed by atoms with E-state index in [-0.39, 0.29) is 0 Å². The zero-order chi connectivity index (χ0) is 9.26. The third-order valence-electron chi connectivity index (χ3n) is 2.24. The Kier molecular flexibility index (Phi) is 2.06. The monoisotopic (exact) mass is 179 g/mol. The maximum absolute atomic E-state index is 5.75. The van der Waals surface area contributed by atoms with Crippen LogP contribution in [0.3, 0.4) is 0 Å². The van der Waals surface area contributed by atoms with Crippen LogP contribution in [0.1, 0.15) is 11.3 Å². The van der Waals surface area contributed by atoms with E-state index in [1.165, 1.54) is 5.56 Å². The average molecular weight is 179 g/mol. The van der Waals surface area contributed by atoms with Crippen LogP contribution in [0.5, 0.6) is 5.88 Å². The van der Waals surface area contributed by atoms with Crippen molar-refractivity contribution in [1.29, 1.82) is 0 Å². The Morgan fingerprint density at radius 1 is 1.62 bits per heavy atom. The van der Waals surface area contributed by atoms with E-state index in [2.05, 4.69) is 10.3 Å². The number of hydrogen-bond acceptors (Lipinski definition) is 4. The Bertz CT molecular complexity index is 325. The fraction of sp³-hybridized carbons (Fsp3) is 0.444. The summed E-state index contributed by atoms with van der Waals surface area (Å²) >= 11 is 0. The van der Waals surface area contributed by atoms with Crippen molar-refractivity contribution in [2.24, 2.45) is 0 Å². The van der Waals surface area contributed by atoms with Gasteiger partial charge in [-0.1, -0.05) is 0 Å². The molecule has 1 aromatic heterocycles. The number of pyridine rings is 1. The van der Waals surface area contributed by atoms with Gasteiger partial charge < -0.3 is 15.8 Å². The highest BCUT2D eigenvalue weighted by Gasteiger charge is 2.13. The molecular weight excluding hydrogens is 166 g/mol. The van der Waals surface area contributed by atoms with Gasteiger partial charge in [0.05, 0.1) is 18.5 Å². The molecule has 0 unspecified atom stereocenters. The first-order chi connectivity index (χ1) is 6.31. The molecule has 1 aliphatic rings. The molecule has 2 heterocycles. The van der Waals surface area contributed by atoms with Crippen molar-refractivity contribution >= 4 is 5.69 Å². The minimum absolute atomic E-state index is 0.530. The first kappa shape index (κ1) is 8.31. The van der Waals surface area contributed by atoms with Gasteiger partial charge in [0.25, 0.3) is 0 Å². The lowest BCUT2D eigenvalue weighted by Crippen LogP contribution is -2.25. The van der Waals surface area contributed by atoms with Gasteiger partial charge in [0, 0.05) is 6.54 Å². The van der Waals surface area contributed by atoms with Gasteiger partial charge in [-0.3, -0.25) is 0 Å². The Morgan fingerprint density at radius 2 is 2.46 bits per heavy atom. The summed E-state index contributed by atoms with van der Waals surface area (Å²) in [5.74, 6) is 0.530. The molecule has 1 aromatic rings. The molecule has 0 atom stereocenters.